The van der Waals surface area contributed by atoms with Crippen LogP contribution in [0.4, 0.5) is 0 Å². The number of nitrogens with one attached hydrogen (secondary N) is 1. The Morgan fingerprint density at radius 3 is 3.07 bits per heavy atom. The zero-order valence-electron chi connectivity index (χ0n) is 8.40. The van der Waals surface area contributed by atoms with Crippen LogP contribution in [0.15, 0.2) is 18.5 Å². The number of carbonyl (C=O) groups excluding carboxylic acids is 1. The Labute approximate surface area is 96.8 Å². The lowest BCUT2D eigenvalue weighted by atomic mass is 10.2. The lowest BCUT2D eigenvalue weighted by molar-refractivity contribution is 0.0951. The summed E-state index contributed by atoms with van der Waals surface area (Å²) < 4.78 is 0. The van der Waals surface area contributed by atoms with Crippen molar-refractivity contribution in [2.24, 2.45) is 0 Å². The van der Waals surface area contributed by atoms with E-state index in [1.807, 2.05) is 6.92 Å². The summed E-state index contributed by atoms with van der Waals surface area (Å²) >= 11 is 3.41. The molecular weight excluding hydrogens is 260 g/mol. The van der Waals surface area contributed by atoms with E-state index in [1.54, 1.807) is 0 Å². The number of pyridine rings is 1. The van der Waals surface area contributed by atoms with E-state index in [-0.39, 0.29) is 22.0 Å². The molecule has 5 heteroatoms. The Kier molecular flexibility index (Phi) is 4.55. The van der Waals surface area contributed by atoms with Gasteiger partial charge in [-0.15, -0.1) is 0 Å². The summed E-state index contributed by atoms with van der Waals surface area (Å²) in [6.45, 7) is 2.56. The number of halogens is 1. The van der Waals surface area contributed by atoms with Gasteiger partial charge in [0, 0.05) is 17.6 Å². The van der Waals surface area contributed by atoms with Gasteiger partial charge in [-0.25, -0.2) is 0 Å². The molecule has 0 saturated heterocycles. The maximum atomic E-state index is 11.6. The molecule has 0 saturated carbocycles. The van der Waals surface area contributed by atoms with E-state index >= 15 is 0 Å². The summed E-state index contributed by atoms with van der Waals surface area (Å²) in [7, 11) is 0. The Bertz CT molecular complexity index is 344. The highest BCUT2D eigenvalue weighted by molar-refractivity contribution is 9.09. The Balaban J connectivity index is 2.58. The first kappa shape index (κ1) is 12.0. The molecule has 0 bridgehead atoms. The number of alkyl halides is 1. The zero-order valence-corrected chi connectivity index (χ0v) is 9.99. The molecule has 2 N–H and O–H groups in total. The highest BCUT2D eigenvalue weighted by Crippen LogP contribution is 2.13. The number of hydrogen-bond donors (Lipinski definition) is 2. The van der Waals surface area contributed by atoms with Gasteiger partial charge in [0.2, 0.25) is 0 Å². The fraction of sp³-hybridized carbons (Fsp3) is 0.400. The number of hydrogen-bond acceptors (Lipinski definition) is 3. The molecule has 0 aliphatic carbocycles. The lowest BCUT2D eigenvalue weighted by Crippen LogP contribution is -2.29. The normalized spacial score (nSPS) is 12.1. The Morgan fingerprint density at radius 1 is 1.73 bits per heavy atom. The topological polar surface area (TPSA) is 62.2 Å². The average molecular weight is 273 g/mol. The molecule has 1 unspecified atom stereocenters. The van der Waals surface area contributed by atoms with Gasteiger partial charge in [-0.2, -0.15) is 0 Å². The third-order valence-electron chi connectivity index (χ3n) is 1.97. The fourth-order valence-corrected chi connectivity index (χ4v) is 1.18. The van der Waals surface area contributed by atoms with Gasteiger partial charge >= 0.3 is 0 Å². The molecule has 15 heavy (non-hydrogen) atoms. The second-order valence-corrected chi connectivity index (χ2v) is 4.40. The predicted octanol–water partition coefficient (Wildman–Crippen LogP) is 1.69. The van der Waals surface area contributed by atoms with Crippen LogP contribution in [0.2, 0.25) is 0 Å². The SMILES string of the molecule is CCC(Br)CNC(=O)c1ccncc1O. The monoisotopic (exact) mass is 272 g/mol. The second-order valence-electron chi connectivity index (χ2n) is 3.11. The van der Waals surface area contributed by atoms with Crippen LogP contribution in [0.25, 0.3) is 0 Å². The predicted molar refractivity (Wildman–Crippen MR) is 61.2 cm³/mol. The summed E-state index contributed by atoms with van der Waals surface area (Å²) in [4.78, 5) is 15.5. The minimum absolute atomic E-state index is 0.0994. The van der Waals surface area contributed by atoms with E-state index in [9.17, 15) is 9.90 Å². The summed E-state index contributed by atoms with van der Waals surface area (Å²) in [5, 5.41) is 12.1. The van der Waals surface area contributed by atoms with Crippen molar-refractivity contribution in [2.45, 2.75) is 18.2 Å². The molecule has 1 amide bonds. The number of rotatable bonds is 4. The summed E-state index contributed by atoms with van der Waals surface area (Å²) in [6, 6.07) is 1.49. The van der Waals surface area contributed by atoms with Gasteiger partial charge in [-0.1, -0.05) is 22.9 Å². The van der Waals surface area contributed by atoms with Crippen molar-refractivity contribution >= 4 is 21.8 Å². The van der Waals surface area contributed by atoms with Crippen LogP contribution >= 0.6 is 15.9 Å². The van der Waals surface area contributed by atoms with Crippen molar-refractivity contribution in [2.75, 3.05) is 6.54 Å². The Morgan fingerprint density at radius 2 is 2.47 bits per heavy atom. The van der Waals surface area contributed by atoms with Gasteiger partial charge in [0.1, 0.15) is 5.75 Å². The minimum Gasteiger partial charge on any atom is -0.505 e. The number of aromatic nitrogens is 1. The van der Waals surface area contributed by atoms with Crippen LogP contribution in [0, 0.1) is 0 Å². The zero-order chi connectivity index (χ0) is 11.3. The average Bonchev–Trinajstić information content (AvgIpc) is 2.26. The molecule has 4 nitrogen and oxygen atoms in total. The first-order chi connectivity index (χ1) is 7.15. The van der Waals surface area contributed by atoms with Crippen LogP contribution in [-0.4, -0.2) is 27.4 Å². The van der Waals surface area contributed by atoms with Gasteiger partial charge in [-0.3, -0.25) is 9.78 Å². The largest absolute Gasteiger partial charge is 0.505 e. The van der Waals surface area contributed by atoms with Gasteiger partial charge in [0.15, 0.2) is 0 Å². The molecule has 0 aromatic carbocycles. The highest BCUT2D eigenvalue weighted by Gasteiger charge is 2.11. The quantitative estimate of drug-likeness (QED) is 0.820. The smallest absolute Gasteiger partial charge is 0.255 e. The van der Waals surface area contributed by atoms with Crippen molar-refractivity contribution in [3.8, 4) is 5.75 Å². The summed E-state index contributed by atoms with van der Waals surface area (Å²) in [6.07, 6.45) is 3.66. The molecule has 82 valence electrons. The van der Waals surface area contributed by atoms with E-state index in [0.717, 1.165) is 6.42 Å². The lowest BCUT2D eigenvalue weighted by Gasteiger charge is -2.09. The number of aromatic hydroxyl groups is 1. The standard InChI is InChI=1S/C10H13BrN2O2/c1-2-7(11)5-13-10(15)8-3-4-12-6-9(8)14/h3-4,6-7,14H,2,5H2,1H3,(H,13,15). The fourth-order valence-electron chi connectivity index (χ4n) is 1.02. The van der Waals surface area contributed by atoms with Crippen molar-refractivity contribution in [3.05, 3.63) is 24.0 Å². The van der Waals surface area contributed by atoms with E-state index in [2.05, 4.69) is 26.2 Å². The van der Waals surface area contributed by atoms with Crippen LogP contribution in [-0.2, 0) is 0 Å². The van der Waals surface area contributed by atoms with E-state index in [4.69, 9.17) is 0 Å². The number of carbonyl (C=O) groups is 1. The van der Waals surface area contributed by atoms with Crippen LogP contribution < -0.4 is 5.32 Å². The molecular formula is C10H13BrN2O2. The first-order valence-corrected chi connectivity index (χ1v) is 5.62. The van der Waals surface area contributed by atoms with E-state index < -0.39 is 0 Å². The molecule has 1 aromatic heterocycles. The van der Waals surface area contributed by atoms with Gasteiger partial charge < -0.3 is 10.4 Å². The molecule has 0 aliphatic rings. The van der Waals surface area contributed by atoms with Crippen LogP contribution in [0.1, 0.15) is 23.7 Å². The van der Waals surface area contributed by atoms with Gasteiger partial charge in [-0.05, 0) is 12.5 Å². The third kappa shape index (κ3) is 3.51. The summed E-state index contributed by atoms with van der Waals surface area (Å²) in [5.41, 5.74) is 0.251. The van der Waals surface area contributed by atoms with Crippen molar-refractivity contribution in [3.63, 3.8) is 0 Å². The first-order valence-electron chi connectivity index (χ1n) is 4.70. The highest BCUT2D eigenvalue weighted by atomic mass is 79.9. The molecule has 0 spiro atoms. The number of amides is 1. The Hall–Kier alpha value is -1.10. The maximum absolute atomic E-state index is 11.6. The van der Waals surface area contributed by atoms with Gasteiger partial charge in [0.05, 0.1) is 11.8 Å². The molecule has 1 heterocycles. The third-order valence-corrected chi connectivity index (χ3v) is 2.94. The molecule has 1 atom stereocenters. The molecule has 1 aromatic rings. The van der Waals surface area contributed by atoms with E-state index in [1.165, 1.54) is 18.5 Å². The van der Waals surface area contributed by atoms with Crippen molar-refractivity contribution < 1.29 is 9.90 Å². The van der Waals surface area contributed by atoms with E-state index in [0.29, 0.717) is 6.54 Å². The number of nitrogens with zero attached hydrogens (tertiary/aromatic N) is 1. The molecule has 0 radical (unpaired) electrons. The molecule has 0 fully saturated rings. The molecule has 1 rings (SSSR count). The van der Waals surface area contributed by atoms with Crippen molar-refractivity contribution in [1.29, 1.82) is 0 Å². The molecule has 0 aliphatic heterocycles. The van der Waals surface area contributed by atoms with Crippen LogP contribution in [0.3, 0.4) is 0 Å². The summed E-state index contributed by atoms with van der Waals surface area (Å²) in [5.74, 6) is -0.384. The van der Waals surface area contributed by atoms with Gasteiger partial charge in [0.25, 0.3) is 5.91 Å². The van der Waals surface area contributed by atoms with Crippen molar-refractivity contribution in [1.82, 2.24) is 10.3 Å². The maximum Gasteiger partial charge on any atom is 0.255 e. The second kappa shape index (κ2) is 5.70. The minimum atomic E-state index is -0.284. The van der Waals surface area contributed by atoms with Crippen LogP contribution in [0.5, 0.6) is 5.75 Å².